The van der Waals surface area contributed by atoms with Crippen LogP contribution in [0.1, 0.15) is 34.1 Å². The van der Waals surface area contributed by atoms with Crippen molar-refractivity contribution >= 4 is 18.3 Å². The summed E-state index contributed by atoms with van der Waals surface area (Å²) in [4.78, 5) is 20.8. The zero-order valence-electron chi connectivity index (χ0n) is 11.3. The summed E-state index contributed by atoms with van der Waals surface area (Å²) in [6.07, 6.45) is 3.32. The van der Waals surface area contributed by atoms with Gasteiger partial charge in [0.25, 0.3) is 0 Å². The lowest BCUT2D eigenvalue weighted by molar-refractivity contribution is -0.513. The molecular formula is C14H18N2O4. The van der Waals surface area contributed by atoms with Crippen LogP contribution in [0.2, 0.25) is 0 Å². The van der Waals surface area contributed by atoms with E-state index in [1.807, 2.05) is 0 Å². The van der Waals surface area contributed by atoms with Crippen LogP contribution in [0.25, 0.3) is 0 Å². The Labute approximate surface area is 117 Å². The fourth-order valence-corrected chi connectivity index (χ4v) is 1.78. The fourth-order valence-electron chi connectivity index (χ4n) is 1.78. The van der Waals surface area contributed by atoms with E-state index in [0.717, 1.165) is 6.54 Å². The van der Waals surface area contributed by atoms with Crippen molar-refractivity contribution in [3.05, 3.63) is 35.4 Å². The van der Waals surface area contributed by atoms with Gasteiger partial charge in [-0.25, -0.2) is 4.79 Å². The number of nitrogens with zero attached hydrogens (tertiary/aromatic N) is 1. The minimum Gasteiger partial charge on any atom is -0.545 e. The fraction of sp³-hybridized carbons (Fsp3) is 0.357. The smallest absolute Gasteiger partial charge is 0.336 e. The molecule has 108 valence electrons. The highest BCUT2D eigenvalue weighted by atomic mass is 16.4. The van der Waals surface area contributed by atoms with Crippen molar-refractivity contribution in [2.24, 2.45) is 0 Å². The molecule has 0 saturated carbocycles. The van der Waals surface area contributed by atoms with Crippen LogP contribution in [0.3, 0.4) is 0 Å². The maximum absolute atomic E-state index is 10.4. The maximum atomic E-state index is 10.4. The SMILES string of the molecule is CCC[N+]1=CNCC1.O=C([O-])c1ccccc1C(=O)O. The molecule has 0 radical (unpaired) electrons. The van der Waals surface area contributed by atoms with Crippen LogP contribution in [-0.4, -0.2) is 47.6 Å². The maximum Gasteiger partial charge on any atom is 0.336 e. The Bertz CT molecular complexity index is 479. The summed E-state index contributed by atoms with van der Waals surface area (Å²) in [5, 5.41) is 22.0. The van der Waals surface area contributed by atoms with Crippen molar-refractivity contribution in [2.45, 2.75) is 13.3 Å². The normalized spacial score (nSPS) is 12.8. The molecule has 0 spiro atoms. The van der Waals surface area contributed by atoms with Crippen molar-refractivity contribution < 1.29 is 24.4 Å². The Morgan fingerprint density at radius 3 is 2.40 bits per heavy atom. The van der Waals surface area contributed by atoms with Crippen molar-refractivity contribution in [3.63, 3.8) is 0 Å². The zero-order chi connectivity index (χ0) is 15.0. The van der Waals surface area contributed by atoms with Gasteiger partial charge in [-0.2, -0.15) is 0 Å². The Morgan fingerprint density at radius 1 is 1.35 bits per heavy atom. The standard InChI is InChI=1S/C8H6O4.C6H12N2/c9-7(10)5-3-1-2-4-6(5)8(11)12;1-2-4-8-5-3-7-6-8/h1-4H,(H,9,10)(H,11,12);6H,2-5H2,1H3. The van der Waals surface area contributed by atoms with Gasteiger partial charge in [0.05, 0.1) is 18.1 Å². The lowest BCUT2D eigenvalue weighted by atomic mass is 10.1. The molecule has 6 heteroatoms. The third-order valence-electron chi connectivity index (χ3n) is 2.71. The lowest BCUT2D eigenvalue weighted by Gasteiger charge is -2.04. The van der Waals surface area contributed by atoms with Gasteiger partial charge in [0, 0.05) is 5.56 Å². The van der Waals surface area contributed by atoms with E-state index in [4.69, 9.17) is 5.11 Å². The number of benzene rings is 1. The average Bonchev–Trinajstić information content (AvgIpc) is 2.93. The number of carboxylic acid groups (broad SMARTS) is 2. The van der Waals surface area contributed by atoms with Gasteiger partial charge in [0.15, 0.2) is 0 Å². The summed E-state index contributed by atoms with van der Waals surface area (Å²) < 4.78 is 2.31. The van der Waals surface area contributed by atoms with Crippen molar-refractivity contribution in [1.29, 1.82) is 0 Å². The predicted molar refractivity (Wildman–Crippen MR) is 72.1 cm³/mol. The third-order valence-corrected chi connectivity index (χ3v) is 2.71. The average molecular weight is 278 g/mol. The molecular weight excluding hydrogens is 260 g/mol. The molecule has 0 fully saturated rings. The second-order valence-corrected chi connectivity index (χ2v) is 4.26. The first kappa shape index (κ1) is 15.7. The van der Waals surface area contributed by atoms with Gasteiger partial charge in [-0.15, -0.1) is 0 Å². The Balaban J connectivity index is 0.000000217. The second-order valence-electron chi connectivity index (χ2n) is 4.26. The molecule has 0 amide bonds. The quantitative estimate of drug-likeness (QED) is 0.743. The Kier molecular flexibility index (Phi) is 6.22. The van der Waals surface area contributed by atoms with E-state index < -0.39 is 11.9 Å². The molecule has 1 heterocycles. The first-order valence-electron chi connectivity index (χ1n) is 6.40. The van der Waals surface area contributed by atoms with Crippen molar-refractivity contribution in [2.75, 3.05) is 19.6 Å². The molecule has 0 atom stereocenters. The first-order valence-corrected chi connectivity index (χ1v) is 6.40. The first-order chi connectivity index (χ1) is 9.56. The number of aromatic carboxylic acids is 2. The highest BCUT2D eigenvalue weighted by molar-refractivity contribution is 6.00. The van der Waals surface area contributed by atoms with Gasteiger partial charge in [-0.1, -0.05) is 25.1 Å². The van der Waals surface area contributed by atoms with Crippen molar-refractivity contribution in [3.8, 4) is 0 Å². The highest BCUT2D eigenvalue weighted by Gasteiger charge is 2.08. The largest absolute Gasteiger partial charge is 0.545 e. The van der Waals surface area contributed by atoms with E-state index in [2.05, 4.69) is 23.2 Å². The van der Waals surface area contributed by atoms with E-state index >= 15 is 0 Å². The van der Waals surface area contributed by atoms with E-state index in [-0.39, 0.29) is 11.1 Å². The molecule has 6 nitrogen and oxygen atoms in total. The number of carbonyl (C=O) groups excluding carboxylic acids is 1. The van der Waals surface area contributed by atoms with E-state index in [1.54, 1.807) is 0 Å². The third kappa shape index (κ3) is 4.72. The van der Waals surface area contributed by atoms with Crippen LogP contribution in [0.4, 0.5) is 0 Å². The molecule has 0 aliphatic carbocycles. The lowest BCUT2D eigenvalue weighted by Crippen LogP contribution is -2.24. The monoisotopic (exact) mass is 278 g/mol. The molecule has 1 aromatic rings. The molecule has 2 rings (SSSR count). The number of nitrogens with one attached hydrogen (secondary N) is 1. The minimum absolute atomic E-state index is 0.252. The topological polar surface area (TPSA) is 92.5 Å². The number of hydrogen-bond donors (Lipinski definition) is 2. The highest BCUT2D eigenvalue weighted by Crippen LogP contribution is 2.06. The molecule has 1 aliphatic heterocycles. The number of carboxylic acids is 2. The van der Waals surface area contributed by atoms with Crippen LogP contribution < -0.4 is 10.4 Å². The number of hydrogen-bond acceptors (Lipinski definition) is 4. The summed E-state index contributed by atoms with van der Waals surface area (Å²) in [5.41, 5.74) is -0.553. The Hall–Kier alpha value is -2.37. The number of carbonyl (C=O) groups is 2. The molecule has 0 bridgehead atoms. The van der Waals surface area contributed by atoms with Gasteiger partial charge in [0.2, 0.25) is 6.34 Å². The van der Waals surface area contributed by atoms with Gasteiger partial charge < -0.3 is 15.0 Å². The van der Waals surface area contributed by atoms with Crippen LogP contribution in [0.15, 0.2) is 24.3 Å². The molecule has 0 aromatic heterocycles. The van der Waals surface area contributed by atoms with Crippen LogP contribution >= 0.6 is 0 Å². The van der Waals surface area contributed by atoms with Gasteiger partial charge in [-0.3, -0.25) is 9.89 Å². The molecule has 2 N–H and O–H groups in total. The van der Waals surface area contributed by atoms with Gasteiger partial charge >= 0.3 is 5.97 Å². The summed E-state index contributed by atoms with van der Waals surface area (Å²) in [6, 6.07) is 5.31. The Morgan fingerprint density at radius 2 is 2.00 bits per heavy atom. The van der Waals surface area contributed by atoms with E-state index in [0.29, 0.717) is 0 Å². The van der Waals surface area contributed by atoms with Crippen LogP contribution in [0.5, 0.6) is 0 Å². The van der Waals surface area contributed by atoms with E-state index in [9.17, 15) is 14.7 Å². The second kappa shape index (κ2) is 7.93. The number of rotatable bonds is 4. The predicted octanol–water partition coefficient (Wildman–Crippen LogP) is -0.211. The molecule has 1 aliphatic rings. The molecule has 0 unspecified atom stereocenters. The van der Waals surface area contributed by atoms with Gasteiger partial charge in [-0.05, 0) is 12.5 Å². The van der Waals surface area contributed by atoms with Gasteiger partial charge in [0.1, 0.15) is 13.1 Å². The summed E-state index contributed by atoms with van der Waals surface area (Å²) >= 11 is 0. The van der Waals surface area contributed by atoms with Crippen molar-refractivity contribution in [1.82, 2.24) is 5.32 Å². The van der Waals surface area contributed by atoms with Crippen LogP contribution in [-0.2, 0) is 0 Å². The summed E-state index contributed by atoms with van der Waals surface area (Å²) in [7, 11) is 0. The minimum atomic E-state index is -1.48. The summed E-state index contributed by atoms with van der Waals surface area (Å²) in [5.74, 6) is -2.75. The zero-order valence-corrected chi connectivity index (χ0v) is 11.3. The summed E-state index contributed by atoms with van der Waals surface area (Å²) in [6.45, 7) is 5.72. The van der Waals surface area contributed by atoms with Crippen LogP contribution in [0, 0.1) is 0 Å². The molecule has 20 heavy (non-hydrogen) atoms. The molecule has 0 saturated heterocycles. The molecule has 1 aromatic carbocycles. The van der Waals surface area contributed by atoms with E-state index in [1.165, 1.54) is 43.8 Å².